The summed E-state index contributed by atoms with van der Waals surface area (Å²) in [5.74, 6) is -1.43. The molecule has 0 aliphatic heterocycles. The van der Waals surface area contributed by atoms with Crippen LogP contribution in [0.5, 0.6) is 0 Å². The van der Waals surface area contributed by atoms with Crippen LogP contribution in [0.4, 0.5) is 35.2 Å². The lowest BCUT2D eigenvalue weighted by Crippen LogP contribution is -2.19. The van der Waals surface area contributed by atoms with E-state index < -0.39 is 66.6 Å². The molecule has 4 aromatic rings. The lowest BCUT2D eigenvalue weighted by atomic mass is 10.0. The summed E-state index contributed by atoms with van der Waals surface area (Å²) < 4.78 is 129. The molecule has 6 N–H and O–H groups in total. The van der Waals surface area contributed by atoms with Gasteiger partial charge in [-0.25, -0.2) is 16.8 Å². The highest BCUT2D eigenvalue weighted by molar-refractivity contribution is 7.91. The van der Waals surface area contributed by atoms with E-state index in [0.29, 0.717) is 5.69 Å². The van der Waals surface area contributed by atoms with E-state index >= 15 is 0 Å². The van der Waals surface area contributed by atoms with E-state index in [1.807, 2.05) is 0 Å². The van der Waals surface area contributed by atoms with Crippen LogP contribution >= 0.6 is 46.4 Å². The maximum absolute atomic E-state index is 12.7. The molecule has 0 amide bonds. The van der Waals surface area contributed by atoms with Crippen molar-refractivity contribution in [3.63, 3.8) is 0 Å². The van der Waals surface area contributed by atoms with Crippen molar-refractivity contribution in [3.05, 3.63) is 47.0 Å². The number of hydrogen-bond donors (Lipinski definition) is 6. The second-order valence-corrected chi connectivity index (χ2v) is 20.7. The number of benzene rings is 2. The molecule has 0 saturated carbocycles. The molecule has 2 aromatic heterocycles. The van der Waals surface area contributed by atoms with Crippen LogP contribution in [0, 0.1) is 0 Å². The molecule has 0 radical (unpaired) electrons. The van der Waals surface area contributed by atoms with Crippen molar-refractivity contribution in [1.82, 2.24) is 29.9 Å². The van der Waals surface area contributed by atoms with E-state index in [0.717, 1.165) is 12.1 Å². The molecular weight excluding hydrogens is 962 g/mol. The van der Waals surface area contributed by atoms with Crippen LogP contribution in [-0.4, -0.2) is 147 Å². The highest BCUT2D eigenvalue weighted by Gasteiger charge is 2.28. The molecule has 0 spiro atoms. The van der Waals surface area contributed by atoms with Crippen LogP contribution in [0.15, 0.2) is 46.2 Å². The molecule has 60 heavy (non-hydrogen) atoms. The van der Waals surface area contributed by atoms with Gasteiger partial charge < -0.3 is 30.7 Å². The molecular formula is C30H36Cl4N10O12S4. The highest BCUT2D eigenvalue weighted by Crippen LogP contribution is 2.37. The molecule has 2 heterocycles. The zero-order valence-corrected chi connectivity index (χ0v) is 37.0. The second-order valence-electron chi connectivity index (χ2n) is 11.9. The fourth-order valence-corrected chi connectivity index (χ4v) is 9.54. The summed E-state index contributed by atoms with van der Waals surface area (Å²) in [6, 6.07) is 7.76. The normalized spacial score (nSPS) is 12.3. The Morgan fingerprint density at radius 2 is 0.950 bits per heavy atom. The van der Waals surface area contributed by atoms with Gasteiger partial charge in [-0.2, -0.15) is 46.7 Å². The first-order valence-electron chi connectivity index (χ1n) is 16.9. The van der Waals surface area contributed by atoms with E-state index in [4.69, 9.17) is 55.9 Å². The SMILES string of the molecule is O=S(=O)(CCCl)CCOCCNc1nc(Cl)nc(Nc2ccc(-c3cc(S(=O)(=O)O)c(Nc4nc(Cl)nc(NCCOCCS(=O)(=O)CCCl)n4)c(S(=O)(=O)O)c3)cc2)n1. The number of rotatable bonds is 25. The van der Waals surface area contributed by atoms with Gasteiger partial charge in [0, 0.05) is 30.5 Å². The summed E-state index contributed by atoms with van der Waals surface area (Å²) >= 11 is 23.0. The third-order valence-corrected chi connectivity index (χ3v) is 13.6. The van der Waals surface area contributed by atoms with E-state index in [9.17, 15) is 42.8 Å². The molecule has 0 aliphatic rings. The standard InChI is InChI=1S/C30H36Cl4N10O12S4/c31-5-13-57(45,46)15-11-55-9-7-35-27-39-25(33)41-29(43-27)37-21-3-1-19(2-4-21)20-17-22(59(49,50)51)24(23(18-20)60(52,53)54)38-30-42-26(34)40-28(44-30)36-8-10-56-12-16-58(47,48)14-6-32/h1-4,17-18H,5-16H2,(H,49,50,51)(H,52,53,54)(H2,35,37,39,41,43)(H2,36,38,40,42,44). The van der Waals surface area contributed by atoms with Crippen molar-refractivity contribution in [1.29, 1.82) is 0 Å². The third-order valence-electron chi connectivity index (χ3n) is 7.46. The molecule has 22 nitrogen and oxygen atoms in total. The van der Waals surface area contributed by atoms with Crippen molar-refractivity contribution in [3.8, 4) is 11.1 Å². The first kappa shape index (κ1) is 49.1. The maximum Gasteiger partial charge on any atom is 0.296 e. The number of ether oxygens (including phenoxy) is 2. The van der Waals surface area contributed by atoms with Crippen LogP contribution < -0.4 is 21.3 Å². The molecule has 0 bridgehead atoms. The van der Waals surface area contributed by atoms with Crippen molar-refractivity contribution in [2.45, 2.75) is 9.79 Å². The molecule has 0 saturated heterocycles. The predicted octanol–water partition coefficient (Wildman–Crippen LogP) is 3.18. The van der Waals surface area contributed by atoms with Gasteiger partial charge in [-0.05, 0) is 58.6 Å². The van der Waals surface area contributed by atoms with Crippen molar-refractivity contribution in [2.75, 3.05) is 95.6 Å². The number of sulfone groups is 2. The lowest BCUT2D eigenvalue weighted by Gasteiger charge is -2.16. The summed E-state index contributed by atoms with van der Waals surface area (Å²) in [4.78, 5) is 21.9. The molecule has 0 atom stereocenters. The van der Waals surface area contributed by atoms with E-state index in [-0.39, 0.29) is 109 Å². The lowest BCUT2D eigenvalue weighted by molar-refractivity contribution is 0.159. The Hall–Kier alpha value is -3.54. The van der Waals surface area contributed by atoms with Crippen LogP contribution in [0.1, 0.15) is 0 Å². The van der Waals surface area contributed by atoms with Crippen molar-refractivity contribution in [2.24, 2.45) is 0 Å². The van der Waals surface area contributed by atoms with Gasteiger partial charge in [0.25, 0.3) is 20.2 Å². The highest BCUT2D eigenvalue weighted by atomic mass is 35.5. The van der Waals surface area contributed by atoms with E-state index in [1.54, 1.807) is 0 Å². The van der Waals surface area contributed by atoms with Gasteiger partial charge in [0.2, 0.25) is 34.4 Å². The van der Waals surface area contributed by atoms with Crippen molar-refractivity contribution >= 4 is 121 Å². The number of nitrogens with zero attached hydrogens (tertiary/aromatic N) is 6. The van der Waals surface area contributed by atoms with Crippen molar-refractivity contribution < 1.29 is 52.3 Å². The molecule has 30 heteroatoms. The number of nitrogens with one attached hydrogen (secondary N) is 4. The van der Waals surface area contributed by atoms with Crippen LogP contribution in [-0.2, 0) is 49.4 Å². The van der Waals surface area contributed by atoms with Crippen LogP contribution in [0.3, 0.4) is 0 Å². The minimum atomic E-state index is -5.22. The Balaban J connectivity index is 1.49. The average molecular weight is 999 g/mol. The Morgan fingerprint density at radius 1 is 0.533 bits per heavy atom. The monoisotopic (exact) mass is 996 g/mol. The van der Waals surface area contributed by atoms with Gasteiger partial charge in [-0.1, -0.05) is 12.1 Å². The summed E-state index contributed by atoms with van der Waals surface area (Å²) in [6.45, 7) is 0.221. The minimum absolute atomic E-state index is 0.00222. The molecule has 0 aliphatic carbocycles. The third kappa shape index (κ3) is 16.1. The van der Waals surface area contributed by atoms with Gasteiger partial charge in [-0.3, -0.25) is 9.11 Å². The maximum atomic E-state index is 12.7. The molecule has 330 valence electrons. The Labute approximate surface area is 364 Å². The zero-order valence-electron chi connectivity index (χ0n) is 30.8. The van der Waals surface area contributed by atoms with Gasteiger partial charge >= 0.3 is 0 Å². The second kappa shape index (κ2) is 22.0. The average Bonchev–Trinajstić information content (AvgIpc) is 3.13. The summed E-state index contributed by atoms with van der Waals surface area (Å²) in [5, 5.41) is 10.3. The first-order chi connectivity index (χ1) is 28.2. The largest absolute Gasteiger partial charge is 0.379 e. The van der Waals surface area contributed by atoms with E-state index in [1.165, 1.54) is 24.3 Å². The number of alkyl halides is 2. The quantitative estimate of drug-likeness (QED) is 0.0315. The van der Waals surface area contributed by atoms with Crippen LogP contribution in [0.25, 0.3) is 11.1 Å². The Morgan fingerprint density at radius 3 is 1.37 bits per heavy atom. The number of anilines is 6. The molecule has 2 aromatic carbocycles. The van der Waals surface area contributed by atoms with Gasteiger partial charge in [0.1, 0.15) is 9.79 Å². The number of hydrogen-bond acceptors (Lipinski definition) is 20. The van der Waals surface area contributed by atoms with E-state index in [2.05, 4.69) is 51.2 Å². The zero-order chi connectivity index (χ0) is 44.1. The summed E-state index contributed by atoms with van der Waals surface area (Å²) in [6.07, 6.45) is 0. The Kier molecular flexibility index (Phi) is 18.0. The molecule has 0 fully saturated rings. The van der Waals surface area contributed by atoms with Crippen LogP contribution in [0.2, 0.25) is 10.6 Å². The first-order valence-corrected chi connectivity index (χ1v) is 25.3. The topological polar surface area (TPSA) is 321 Å². The smallest absolute Gasteiger partial charge is 0.296 e. The fourth-order valence-electron chi connectivity index (χ4n) is 4.73. The van der Waals surface area contributed by atoms with Gasteiger partial charge in [0.15, 0.2) is 19.7 Å². The Bertz CT molecular complexity index is 2510. The van der Waals surface area contributed by atoms with Gasteiger partial charge in [-0.15, -0.1) is 23.2 Å². The minimum Gasteiger partial charge on any atom is -0.379 e. The molecule has 0 unspecified atom stereocenters. The number of aromatic nitrogens is 6. The fraction of sp³-hybridized carbons (Fsp3) is 0.400. The predicted molar refractivity (Wildman–Crippen MR) is 225 cm³/mol. The molecule has 4 rings (SSSR count). The van der Waals surface area contributed by atoms with Gasteiger partial charge in [0.05, 0.1) is 55.1 Å². The summed E-state index contributed by atoms with van der Waals surface area (Å²) in [7, 11) is -17.1. The number of halogens is 4. The summed E-state index contributed by atoms with van der Waals surface area (Å²) in [5.41, 5.74) is -0.293.